The maximum absolute atomic E-state index is 13.6. The van der Waals surface area contributed by atoms with Crippen LogP contribution in [0.3, 0.4) is 0 Å². The largest absolute Gasteiger partial charge is 0.485 e. The third kappa shape index (κ3) is 12.6. The van der Waals surface area contributed by atoms with Crippen LogP contribution in [0.5, 0.6) is 5.75 Å². The number of ether oxygens (including phenoxy) is 1. The van der Waals surface area contributed by atoms with Crippen molar-refractivity contribution in [2.24, 2.45) is 0 Å². The number of unbranched alkanes of at least 4 members (excludes halogenated alkanes) is 2. The molecule has 0 radical (unpaired) electrons. The maximum Gasteiger partial charge on any atom is 0.243 e. The van der Waals surface area contributed by atoms with E-state index in [0.29, 0.717) is 23.4 Å². The standard InChI is InChI=1S/C35H43N3O9/c1-3-4-8-19-36-34(41)31(20-26-13-17-29(18-14-26)47-30(22-45-43)23-46-44)38-35(42)32(37-24(2)39)21-25-11-15-28(16-12-25)33(40)27-9-6-5-7-10-27/h5-7,9-18,30-32,43-44H,3-4,8,19-23H2,1-2H3,(H,36,41)(H,37,39)(H,38,42)/t31?,32-/m0/s1. The molecule has 3 aromatic carbocycles. The molecule has 0 fully saturated rings. The van der Waals surface area contributed by atoms with Crippen molar-refractivity contribution >= 4 is 23.5 Å². The van der Waals surface area contributed by atoms with Crippen LogP contribution in [0, 0.1) is 0 Å². The number of nitrogens with one attached hydrogen (secondary N) is 3. The third-order valence-corrected chi connectivity index (χ3v) is 7.29. The zero-order valence-electron chi connectivity index (χ0n) is 26.6. The van der Waals surface area contributed by atoms with Crippen LogP contribution in [0.15, 0.2) is 78.9 Å². The van der Waals surface area contributed by atoms with E-state index in [-0.39, 0.29) is 37.7 Å². The smallest absolute Gasteiger partial charge is 0.243 e. The number of amides is 3. The SMILES string of the molecule is CCCCCNC(=O)C(Cc1ccc(OC(COO)COO)cc1)NC(=O)[C@H](Cc1ccc(C(=O)c2ccccc2)cc1)NC(C)=O. The van der Waals surface area contributed by atoms with Gasteiger partial charge >= 0.3 is 0 Å². The Morgan fingerprint density at radius 3 is 1.81 bits per heavy atom. The van der Waals surface area contributed by atoms with E-state index in [4.69, 9.17) is 15.3 Å². The van der Waals surface area contributed by atoms with E-state index < -0.39 is 30.0 Å². The van der Waals surface area contributed by atoms with Gasteiger partial charge in [-0.15, -0.1) is 0 Å². The van der Waals surface area contributed by atoms with Crippen molar-refractivity contribution in [3.63, 3.8) is 0 Å². The van der Waals surface area contributed by atoms with Crippen LogP contribution in [-0.4, -0.2) is 72.0 Å². The normalized spacial score (nSPS) is 12.2. The molecule has 0 aliphatic rings. The lowest BCUT2D eigenvalue weighted by Gasteiger charge is -2.23. The predicted molar refractivity (Wildman–Crippen MR) is 174 cm³/mol. The van der Waals surface area contributed by atoms with E-state index in [9.17, 15) is 19.2 Å². The summed E-state index contributed by atoms with van der Waals surface area (Å²) in [4.78, 5) is 59.9. The van der Waals surface area contributed by atoms with Gasteiger partial charge < -0.3 is 20.7 Å². The quantitative estimate of drug-likeness (QED) is 0.0529. The summed E-state index contributed by atoms with van der Waals surface area (Å²) in [7, 11) is 0. The molecule has 0 saturated carbocycles. The van der Waals surface area contributed by atoms with E-state index >= 15 is 0 Å². The van der Waals surface area contributed by atoms with E-state index in [1.54, 1.807) is 72.8 Å². The highest BCUT2D eigenvalue weighted by Gasteiger charge is 2.27. The van der Waals surface area contributed by atoms with Crippen LogP contribution in [0.1, 0.15) is 60.2 Å². The second kappa shape index (κ2) is 19.8. The lowest BCUT2D eigenvalue weighted by Crippen LogP contribution is -2.55. The topological polar surface area (TPSA) is 173 Å². The Hall–Kier alpha value is -4.62. The summed E-state index contributed by atoms with van der Waals surface area (Å²) in [5, 5.41) is 25.8. The fourth-order valence-corrected chi connectivity index (χ4v) is 4.84. The Morgan fingerprint density at radius 2 is 1.26 bits per heavy atom. The summed E-state index contributed by atoms with van der Waals surface area (Å²) < 4.78 is 5.63. The Kier molecular flexibility index (Phi) is 15.5. The number of hydrogen-bond acceptors (Lipinski definition) is 9. The van der Waals surface area contributed by atoms with Gasteiger partial charge in [0, 0.05) is 37.4 Å². The fourth-order valence-electron chi connectivity index (χ4n) is 4.84. The molecule has 3 amide bonds. The van der Waals surface area contributed by atoms with Crippen molar-refractivity contribution in [2.75, 3.05) is 19.8 Å². The molecule has 3 rings (SSSR count). The summed E-state index contributed by atoms with van der Waals surface area (Å²) in [5.41, 5.74) is 2.50. The predicted octanol–water partition coefficient (Wildman–Crippen LogP) is 3.73. The minimum absolute atomic E-state index is 0.126. The van der Waals surface area contributed by atoms with Crippen molar-refractivity contribution in [1.82, 2.24) is 16.0 Å². The lowest BCUT2D eigenvalue weighted by atomic mass is 9.99. The first kappa shape index (κ1) is 36.8. The van der Waals surface area contributed by atoms with Crippen molar-refractivity contribution in [1.29, 1.82) is 0 Å². The van der Waals surface area contributed by atoms with Crippen LogP contribution in [-0.2, 0) is 37.0 Å². The van der Waals surface area contributed by atoms with Crippen LogP contribution < -0.4 is 20.7 Å². The monoisotopic (exact) mass is 649 g/mol. The number of carbonyl (C=O) groups is 4. The minimum atomic E-state index is -0.978. The van der Waals surface area contributed by atoms with Gasteiger partial charge in [0.2, 0.25) is 17.7 Å². The molecule has 0 heterocycles. The number of benzene rings is 3. The van der Waals surface area contributed by atoms with Crippen LogP contribution in [0.25, 0.3) is 0 Å². The summed E-state index contributed by atoms with van der Waals surface area (Å²) in [6, 6.07) is 20.5. The molecule has 0 aliphatic heterocycles. The number of rotatable bonds is 20. The number of ketones is 1. The second-order valence-electron chi connectivity index (χ2n) is 11.1. The maximum atomic E-state index is 13.6. The molecular weight excluding hydrogens is 606 g/mol. The first-order chi connectivity index (χ1) is 22.7. The molecule has 0 saturated heterocycles. The molecule has 0 aliphatic carbocycles. The zero-order chi connectivity index (χ0) is 34.0. The van der Waals surface area contributed by atoms with Crippen LogP contribution in [0.4, 0.5) is 0 Å². The fraction of sp³-hybridized carbons (Fsp3) is 0.371. The third-order valence-electron chi connectivity index (χ3n) is 7.29. The van der Waals surface area contributed by atoms with Crippen LogP contribution in [0.2, 0.25) is 0 Å². The molecule has 252 valence electrons. The molecule has 12 nitrogen and oxygen atoms in total. The summed E-state index contributed by atoms with van der Waals surface area (Å²) in [6.45, 7) is 3.36. The highest BCUT2D eigenvalue weighted by atomic mass is 17.1. The van der Waals surface area contributed by atoms with Gasteiger partial charge in [-0.2, -0.15) is 0 Å². The second-order valence-corrected chi connectivity index (χ2v) is 11.1. The van der Waals surface area contributed by atoms with Gasteiger partial charge in [-0.3, -0.25) is 29.7 Å². The highest BCUT2D eigenvalue weighted by Crippen LogP contribution is 2.17. The van der Waals surface area contributed by atoms with E-state index in [1.807, 2.05) is 6.07 Å². The van der Waals surface area contributed by atoms with Gasteiger partial charge in [0.15, 0.2) is 11.9 Å². The van der Waals surface area contributed by atoms with Gasteiger partial charge in [0.05, 0.1) is 0 Å². The molecule has 0 aromatic heterocycles. The van der Waals surface area contributed by atoms with E-state index in [2.05, 4.69) is 32.6 Å². The molecule has 0 bridgehead atoms. The summed E-state index contributed by atoms with van der Waals surface area (Å²) in [5.74, 6) is -1.03. The molecule has 5 N–H and O–H groups in total. The molecule has 47 heavy (non-hydrogen) atoms. The van der Waals surface area contributed by atoms with Crippen molar-refractivity contribution in [3.05, 3.63) is 101 Å². The Morgan fingerprint density at radius 1 is 0.702 bits per heavy atom. The Labute approximate surface area is 274 Å². The highest BCUT2D eigenvalue weighted by molar-refractivity contribution is 6.09. The Balaban J connectivity index is 1.74. The lowest BCUT2D eigenvalue weighted by molar-refractivity contribution is -0.286. The van der Waals surface area contributed by atoms with E-state index in [1.165, 1.54) is 6.92 Å². The summed E-state index contributed by atoms with van der Waals surface area (Å²) >= 11 is 0. The van der Waals surface area contributed by atoms with Crippen molar-refractivity contribution < 1.29 is 44.2 Å². The van der Waals surface area contributed by atoms with Gasteiger partial charge in [0.1, 0.15) is 31.0 Å². The first-order valence-corrected chi connectivity index (χ1v) is 15.6. The zero-order valence-corrected chi connectivity index (χ0v) is 26.6. The van der Waals surface area contributed by atoms with Crippen LogP contribution >= 0.6 is 0 Å². The van der Waals surface area contributed by atoms with Gasteiger partial charge in [-0.25, -0.2) is 9.78 Å². The number of hydrogen-bond donors (Lipinski definition) is 5. The van der Waals surface area contributed by atoms with Gasteiger partial charge in [0.25, 0.3) is 0 Å². The van der Waals surface area contributed by atoms with Gasteiger partial charge in [-0.05, 0) is 29.7 Å². The average molecular weight is 650 g/mol. The van der Waals surface area contributed by atoms with Crippen molar-refractivity contribution in [3.8, 4) is 5.75 Å². The number of carbonyl (C=O) groups excluding carboxylic acids is 4. The molecule has 1 unspecified atom stereocenters. The molecule has 2 atom stereocenters. The van der Waals surface area contributed by atoms with Crippen molar-refractivity contribution in [2.45, 2.75) is 64.1 Å². The first-order valence-electron chi connectivity index (χ1n) is 15.6. The molecule has 3 aromatic rings. The molecular formula is C35H43N3O9. The Bertz CT molecular complexity index is 1410. The summed E-state index contributed by atoms with van der Waals surface area (Å²) in [6.07, 6.45) is 2.24. The van der Waals surface area contributed by atoms with Gasteiger partial charge in [-0.1, -0.05) is 86.5 Å². The molecule has 0 spiro atoms. The average Bonchev–Trinajstić information content (AvgIpc) is 3.07. The molecule has 12 heteroatoms. The van der Waals surface area contributed by atoms with E-state index in [0.717, 1.165) is 30.4 Å². The minimum Gasteiger partial charge on any atom is -0.485 e.